The summed E-state index contributed by atoms with van der Waals surface area (Å²) in [5.74, 6) is -0.510. The lowest BCUT2D eigenvalue weighted by molar-refractivity contribution is -0.347. The monoisotopic (exact) mass is 900 g/mol. The van der Waals surface area contributed by atoms with Gasteiger partial charge in [0.15, 0.2) is 18.9 Å². The van der Waals surface area contributed by atoms with Crippen LogP contribution in [-0.4, -0.2) is 184 Å². The fraction of sp³-hybridized carbons (Fsp3) is 0.909. The molecule has 4 aliphatic heterocycles. The van der Waals surface area contributed by atoms with Crippen molar-refractivity contribution in [1.29, 1.82) is 0 Å². The zero-order chi connectivity index (χ0) is 45.3. The lowest BCUT2D eigenvalue weighted by Crippen LogP contribution is -2.62. The normalized spacial score (nSPS) is 52.3. The van der Waals surface area contributed by atoms with Crippen LogP contribution in [0.2, 0.25) is 0 Å². The summed E-state index contributed by atoms with van der Waals surface area (Å²) in [6.45, 7) is 7.07. The van der Waals surface area contributed by atoms with Crippen molar-refractivity contribution in [3.63, 3.8) is 0 Å². The highest BCUT2D eigenvalue weighted by molar-refractivity contribution is 5.85. The molecule has 4 saturated carbocycles. The number of rotatable bonds is 11. The quantitative estimate of drug-likeness (QED) is 0.0943. The van der Waals surface area contributed by atoms with E-state index in [1.807, 2.05) is 0 Å². The van der Waals surface area contributed by atoms with E-state index in [9.17, 15) is 50.4 Å². The third-order valence-electron chi connectivity index (χ3n) is 16.7. The van der Waals surface area contributed by atoms with Crippen molar-refractivity contribution in [2.75, 3.05) is 26.9 Å². The summed E-state index contributed by atoms with van der Waals surface area (Å²) in [6, 6.07) is 0. The molecule has 19 heteroatoms. The van der Waals surface area contributed by atoms with Crippen LogP contribution in [0, 0.1) is 34.5 Å². The zero-order valence-corrected chi connectivity index (χ0v) is 36.7. The zero-order valence-electron chi connectivity index (χ0n) is 36.7. The summed E-state index contributed by atoms with van der Waals surface area (Å²) in [6.07, 6.45) is -10.6. The molecule has 8 aliphatic rings. The maximum atomic E-state index is 12.9. The predicted octanol–water partition coefficient (Wildman–Crippen LogP) is -0.671. The molecule has 0 spiro atoms. The molecule has 8 rings (SSSR count). The van der Waals surface area contributed by atoms with E-state index in [0.29, 0.717) is 18.8 Å². The average Bonchev–Trinajstić information content (AvgIpc) is 3.76. The second-order valence-corrected chi connectivity index (χ2v) is 20.0. The van der Waals surface area contributed by atoms with Crippen molar-refractivity contribution in [3.05, 3.63) is 11.6 Å². The number of esters is 2. The van der Waals surface area contributed by atoms with Crippen molar-refractivity contribution in [2.45, 2.75) is 189 Å². The molecule has 23 unspecified atom stereocenters. The highest BCUT2D eigenvalue weighted by atomic mass is 16.7. The first kappa shape index (κ1) is 47.6. The van der Waals surface area contributed by atoms with Gasteiger partial charge in [0.2, 0.25) is 0 Å². The van der Waals surface area contributed by atoms with Crippen LogP contribution in [0.25, 0.3) is 0 Å². The number of aliphatic hydroxyl groups excluding tert-OH is 7. The standard InChI is InChI=1S/C44H68O19/c1-19-39(63-41-38(52)36(50)34(48)29(62-41)18-56-17-28-33(47)35(49)37(51)40(53)61-28)26(55-5)14-31(58-19)60-23-8-10-42(3)22(13-23)6-7-25-24(42)9-11-43(4)32(21-12-30(46)57-16-21)27(59-20(2)45)15-44(25,43)54/h12,19,22-29,31-41,47-54H,6-11,13-18H2,1-5H3. The van der Waals surface area contributed by atoms with E-state index in [-0.39, 0.29) is 49.1 Å². The summed E-state index contributed by atoms with van der Waals surface area (Å²) < 4.78 is 52.9. The Kier molecular flexibility index (Phi) is 13.8. The van der Waals surface area contributed by atoms with Crippen molar-refractivity contribution in [3.8, 4) is 0 Å². The lowest BCUT2D eigenvalue weighted by Gasteiger charge is -2.63. The van der Waals surface area contributed by atoms with Gasteiger partial charge in [0.25, 0.3) is 0 Å². The smallest absolute Gasteiger partial charge is 0.331 e. The molecule has 0 bridgehead atoms. The van der Waals surface area contributed by atoms with Gasteiger partial charge in [-0.15, -0.1) is 0 Å². The molecule has 0 amide bonds. The van der Waals surface area contributed by atoms with E-state index in [1.54, 1.807) is 6.92 Å². The summed E-state index contributed by atoms with van der Waals surface area (Å²) in [7, 11) is 1.53. The first-order chi connectivity index (χ1) is 29.8. The third kappa shape index (κ3) is 8.54. The largest absolute Gasteiger partial charge is 0.462 e. The number of fused-ring (bicyclic) bond motifs is 5. The topological polar surface area (TPSA) is 279 Å². The molecule has 63 heavy (non-hydrogen) atoms. The van der Waals surface area contributed by atoms with Gasteiger partial charge in [-0.05, 0) is 80.6 Å². The van der Waals surface area contributed by atoms with Crippen LogP contribution in [0.5, 0.6) is 0 Å². The molecule has 0 aromatic heterocycles. The Morgan fingerprint density at radius 2 is 1.51 bits per heavy atom. The maximum absolute atomic E-state index is 12.9. The highest BCUT2D eigenvalue weighted by Gasteiger charge is 2.71. The lowest BCUT2D eigenvalue weighted by atomic mass is 9.43. The molecule has 23 atom stereocenters. The highest BCUT2D eigenvalue weighted by Crippen LogP contribution is 2.70. The van der Waals surface area contributed by atoms with Gasteiger partial charge in [-0.25, -0.2) is 4.79 Å². The van der Waals surface area contributed by atoms with Gasteiger partial charge in [-0.3, -0.25) is 4.79 Å². The van der Waals surface area contributed by atoms with Gasteiger partial charge in [0.05, 0.1) is 37.1 Å². The molecule has 4 aliphatic carbocycles. The van der Waals surface area contributed by atoms with Crippen LogP contribution in [0.4, 0.5) is 0 Å². The Morgan fingerprint density at radius 1 is 0.810 bits per heavy atom. The molecule has 0 aromatic carbocycles. The number of cyclic esters (lactones) is 1. The molecule has 7 fully saturated rings. The molecule has 0 radical (unpaired) electrons. The SMILES string of the molecule is COC1CC(OC2CCC3(C)C(CCC4C3CCC3(C)C(C5=CC(=O)OC5)C(OC(C)=O)CC43O)C2)OC(C)C1OC1OC(COCC2OC(O)C(O)C(O)C2O)C(O)C(O)C1O. The van der Waals surface area contributed by atoms with Crippen LogP contribution in [0.3, 0.4) is 0 Å². The minimum atomic E-state index is -1.76. The molecule has 3 saturated heterocycles. The molecule has 4 heterocycles. The van der Waals surface area contributed by atoms with Crippen molar-refractivity contribution in [2.24, 2.45) is 34.5 Å². The maximum Gasteiger partial charge on any atom is 0.331 e. The van der Waals surface area contributed by atoms with Gasteiger partial charge in [0.1, 0.15) is 67.6 Å². The molecule has 358 valence electrons. The summed E-state index contributed by atoms with van der Waals surface area (Å²) >= 11 is 0. The first-order valence-corrected chi connectivity index (χ1v) is 22.7. The Hall–Kier alpha value is -1.92. The number of carbonyl (C=O) groups is 2. The summed E-state index contributed by atoms with van der Waals surface area (Å²) in [5, 5.41) is 85.0. The molecule has 19 nitrogen and oxygen atoms in total. The fourth-order valence-corrected chi connectivity index (χ4v) is 13.3. The minimum Gasteiger partial charge on any atom is -0.462 e. The van der Waals surface area contributed by atoms with Crippen LogP contribution in [-0.2, 0) is 52.2 Å². The predicted molar refractivity (Wildman–Crippen MR) is 213 cm³/mol. The Bertz CT molecular complexity index is 1680. The number of hydrogen-bond donors (Lipinski definition) is 8. The van der Waals surface area contributed by atoms with Crippen LogP contribution in [0.1, 0.15) is 85.5 Å². The molecular weight excluding hydrogens is 832 g/mol. The van der Waals surface area contributed by atoms with E-state index in [0.717, 1.165) is 50.5 Å². The molecule has 0 aromatic rings. The van der Waals surface area contributed by atoms with Gasteiger partial charge in [-0.2, -0.15) is 0 Å². The Labute approximate surface area is 366 Å². The second kappa shape index (κ2) is 18.3. The molecule has 8 N–H and O–H groups in total. The van der Waals surface area contributed by atoms with Gasteiger partial charge in [0, 0.05) is 44.3 Å². The Balaban J connectivity index is 0.863. The van der Waals surface area contributed by atoms with E-state index < -0.39 is 115 Å². The van der Waals surface area contributed by atoms with Crippen molar-refractivity contribution >= 4 is 11.9 Å². The van der Waals surface area contributed by atoms with Crippen molar-refractivity contribution in [1.82, 2.24) is 0 Å². The summed E-state index contributed by atoms with van der Waals surface area (Å²) in [4.78, 5) is 24.5. The van der Waals surface area contributed by atoms with E-state index in [1.165, 1.54) is 20.1 Å². The number of hydrogen-bond acceptors (Lipinski definition) is 19. The second-order valence-electron chi connectivity index (χ2n) is 20.0. The average molecular weight is 901 g/mol. The van der Waals surface area contributed by atoms with E-state index in [2.05, 4.69) is 13.8 Å². The van der Waals surface area contributed by atoms with Crippen LogP contribution < -0.4 is 0 Å². The van der Waals surface area contributed by atoms with Gasteiger partial charge >= 0.3 is 11.9 Å². The third-order valence-corrected chi connectivity index (χ3v) is 16.7. The Morgan fingerprint density at radius 3 is 2.17 bits per heavy atom. The summed E-state index contributed by atoms with van der Waals surface area (Å²) in [5.41, 5.74) is -0.932. The number of methoxy groups -OCH3 is 1. The fourth-order valence-electron chi connectivity index (χ4n) is 13.3. The van der Waals surface area contributed by atoms with Gasteiger partial charge in [-0.1, -0.05) is 13.8 Å². The van der Waals surface area contributed by atoms with Crippen LogP contribution >= 0.6 is 0 Å². The number of aliphatic hydroxyl groups is 8. The first-order valence-electron chi connectivity index (χ1n) is 22.7. The van der Waals surface area contributed by atoms with Crippen molar-refractivity contribution < 1.29 is 93.1 Å². The van der Waals surface area contributed by atoms with Crippen LogP contribution in [0.15, 0.2) is 11.6 Å². The number of ether oxygens (including phenoxy) is 9. The van der Waals surface area contributed by atoms with E-state index >= 15 is 0 Å². The number of carbonyl (C=O) groups excluding carboxylic acids is 2. The minimum absolute atomic E-state index is 0.00317. The van der Waals surface area contributed by atoms with Gasteiger partial charge < -0.3 is 83.5 Å². The van der Waals surface area contributed by atoms with E-state index in [4.69, 9.17) is 42.6 Å². The molecular formula is C44H68O19.